The predicted molar refractivity (Wildman–Crippen MR) is 64.2 cm³/mol. The van der Waals surface area contributed by atoms with E-state index < -0.39 is 0 Å². The Labute approximate surface area is 93.6 Å². The molecule has 0 aromatic rings. The fourth-order valence-electron chi connectivity index (χ4n) is 2.73. The summed E-state index contributed by atoms with van der Waals surface area (Å²) in [7, 11) is 2.21. The third-order valence-electron chi connectivity index (χ3n) is 3.73. The Morgan fingerprint density at radius 3 is 2.93 bits per heavy atom. The Morgan fingerprint density at radius 2 is 2.27 bits per heavy atom. The molecule has 2 N–H and O–H groups in total. The summed E-state index contributed by atoms with van der Waals surface area (Å²) in [5.41, 5.74) is 0. The van der Waals surface area contributed by atoms with Crippen molar-refractivity contribution in [1.82, 2.24) is 15.5 Å². The number of hydrogen-bond donors (Lipinski definition) is 2. The van der Waals surface area contributed by atoms with Gasteiger partial charge in [-0.1, -0.05) is 6.42 Å². The highest BCUT2D eigenvalue weighted by atomic mass is 15.2. The first-order chi connectivity index (χ1) is 7.34. The van der Waals surface area contributed by atoms with Crippen LogP contribution in [0.25, 0.3) is 0 Å². The lowest BCUT2D eigenvalue weighted by molar-refractivity contribution is 0.361. The quantitative estimate of drug-likeness (QED) is 0.721. The number of rotatable bonds is 4. The lowest BCUT2D eigenvalue weighted by atomic mass is 10.0. The zero-order valence-electron chi connectivity index (χ0n) is 9.97. The molecule has 0 radical (unpaired) electrons. The van der Waals surface area contributed by atoms with Crippen LogP contribution in [0.4, 0.5) is 0 Å². The Morgan fingerprint density at radius 1 is 1.33 bits per heavy atom. The highest BCUT2D eigenvalue weighted by Crippen LogP contribution is 2.10. The first kappa shape index (κ1) is 11.4. The minimum Gasteiger partial charge on any atom is -0.314 e. The lowest BCUT2D eigenvalue weighted by Gasteiger charge is -2.24. The van der Waals surface area contributed by atoms with Crippen molar-refractivity contribution in [1.29, 1.82) is 0 Å². The van der Waals surface area contributed by atoms with Crippen molar-refractivity contribution in [3.8, 4) is 0 Å². The zero-order chi connectivity index (χ0) is 10.5. The molecule has 2 saturated heterocycles. The second kappa shape index (κ2) is 5.83. The van der Waals surface area contributed by atoms with Crippen LogP contribution >= 0.6 is 0 Å². The van der Waals surface area contributed by atoms with Crippen molar-refractivity contribution in [2.24, 2.45) is 0 Å². The molecule has 2 fully saturated rings. The van der Waals surface area contributed by atoms with Crippen molar-refractivity contribution in [3.63, 3.8) is 0 Å². The van der Waals surface area contributed by atoms with Gasteiger partial charge in [0.25, 0.3) is 0 Å². The number of nitrogens with one attached hydrogen (secondary N) is 2. The smallest absolute Gasteiger partial charge is 0.0207 e. The summed E-state index contributed by atoms with van der Waals surface area (Å²) in [6.45, 7) is 4.92. The van der Waals surface area contributed by atoms with E-state index in [0.29, 0.717) is 0 Å². The van der Waals surface area contributed by atoms with Gasteiger partial charge in [-0.3, -0.25) is 0 Å². The van der Waals surface area contributed by atoms with Gasteiger partial charge in [0.2, 0.25) is 0 Å². The maximum absolute atomic E-state index is 3.68. The van der Waals surface area contributed by atoms with Gasteiger partial charge < -0.3 is 15.5 Å². The molecule has 0 aromatic carbocycles. The van der Waals surface area contributed by atoms with Crippen LogP contribution < -0.4 is 10.6 Å². The number of likely N-dealkylation sites (tertiary alicyclic amines) is 1. The maximum Gasteiger partial charge on any atom is 0.0207 e. The Hall–Kier alpha value is -0.120. The molecule has 15 heavy (non-hydrogen) atoms. The molecule has 3 nitrogen and oxygen atoms in total. The Bertz CT molecular complexity index is 173. The number of nitrogens with zero attached hydrogens (tertiary/aromatic N) is 1. The Kier molecular flexibility index (Phi) is 4.42. The van der Waals surface area contributed by atoms with Crippen LogP contribution in [0.2, 0.25) is 0 Å². The molecule has 2 rings (SSSR count). The standard InChI is InChI=1S/C12H25N3/c1-15-9-6-12(10-15)14-8-5-11-4-2-3-7-13-11/h11-14H,2-10H2,1H3. The second-order valence-corrected chi connectivity index (χ2v) is 5.14. The van der Waals surface area contributed by atoms with E-state index in [2.05, 4.69) is 22.6 Å². The van der Waals surface area contributed by atoms with Gasteiger partial charge in [-0.15, -0.1) is 0 Å². The van der Waals surface area contributed by atoms with E-state index >= 15 is 0 Å². The van der Waals surface area contributed by atoms with Gasteiger partial charge in [-0.2, -0.15) is 0 Å². The summed E-state index contributed by atoms with van der Waals surface area (Å²) in [6, 6.07) is 1.53. The Balaban J connectivity index is 1.54. The summed E-state index contributed by atoms with van der Waals surface area (Å²) in [5, 5.41) is 7.28. The van der Waals surface area contributed by atoms with E-state index in [-0.39, 0.29) is 0 Å². The topological polar surface area (TPSA) is 27.3 Å². The molecule has 0 aromatic heterocycles. The van der Waals surface area contributed by atoms with Crippen LogP contribution in [0.15, 0.2) is 0 Å². The van der Waals surface area contributed by atoms with Crippen molar-refractivity contribution in [2.45, 2.75) is 44.2 Å². The van der Waals surface area contributed by atoms with Crippen LogP contribution in [0.5, 0.6) is 0 Å². The van der Waals surface area contributed by atoms with Gasteiger partial charge in [0, 0.05) is 18.6 Å². The van der Waals surface area contributed by atoms with Crippen molar-refractivity contribution in [3.05, 3.63) is 0 Å². The monoisotopic (exact) mass is 211 g/mol. The summed E-state index contributed by atoms with van der Waals surface area (Å²) in [5.74, 6) is 0. The minimum absolute atomic E-state index is 0.749. The molecule has 2 unspecified atom stereocenters. The normalized spacial score (nSPS) is 33.4. The fourth-order valence-corrected chi connectivity index (χ4v) is 2.73. The molecule has 0 bridgehead atoms. The van der Waals surface area contributed by atoms with E-state index in [4.69, 9.17) is 0 Å². The predicted octanol–water partition coefficient (Wildman–Crippen LogP) is 0.812. The molecular weight excluding hydrogens is 186 g/mol. The van der Waals surface area contributed by atoms with E-state index in [1.165, 1.54) is 58.3 Å². The van der Waals surface area contributed by atoms with Gasteiger partial charge in [0.1, 0.15) is 0 Å². The lowest BCUT2D eigenvalue weighted by Crippen LogP contribution is -2.39. The fraction of sp³-hybridized carbons (Fsp3) is 1.00. The highest BCUT2D eigenvalue weighted by Gasteiger charge is 2.19. The zero-order valence-corrected chi connectivity index (χ0v) is 9.97. The summed E-state index contributed by atoms with van der Waals surface area (Å²) in [4.78, 5) is 2.41. The third-order valence-corrected chi connectivity index (χ3v) is 3.73. The van der Waals surface area contributed by atoms with Crippen molar-refractivity contribution in [2.75, 3.05) is 33.2 Å². The van der Waals surface area contributed by atoms with Crippen LogP contribution in [0.1, 0.15) is 32.1 Å². The number of piperidine rings is 1. The molecular formula is C12H25N3. The molecule has 2 heterocycles. The molecule has 2 atom stereocenters. The average molecular weight is 211 g/mol. The molecule has 88 valence electrons. The van der Waals surface area contributed by atoms with E-state index in [1.807, 2.05) is 0 Å². The first-order valence-corrected chi connectivity index (χ1v) is 6.50. The van der Waals surface area contributed by atoms with E-state index in [9.17, 15) is 0 Å². The van der Waals surface area contributed by atoms with Crippen LogP contribution in [-0.2, 0) is 0 Å². The largest absolute Gasteiger partial charge is 0.314 e. The summed E-state index contributed by atoms with van der Waals surface area (Å²) < 4.78 is 0. The minimum atomic E-state index is 0.749. The highest BCUT2D eigenvalue weighted by molar-refractivity contribution is 4.80. The second-order valence-electron chi connectivity index (χ2n) is 5.14. The van der Waals surface area contributed by atoms with Crippen LogP contribution in [0, 0.1) is 0 Å². The van der Waals surface area contributed by atoms with E-state index in [1.54, 1.807) is 0 Å². The SMILES string of the molecule is CN1CCC(NCCC2CCCCN2)C1. The summed E-state index contributed by atoms with van der Waals surface area (Å²) >= 11 is 0. The molecule has 0 spiro atoms. The molecule has 2 aliphatic heterocycles. The van der Waals surface area contributed by atoms with Gasteiger partial charge in [0.05, 0.1) is 0 Å². The molecule has 0 aliphatic carbocycles. The van der Waals surface area contributed by atoms with Crippen LogP contribution in [-0.4, -0.2) is 50.2 Å². The molecule has 3 heteroatoms. The van der Waals surface area contributed by atoms with Crippen LogP contribution in [0.3, 0.4) is 0 Å². The first-order valence-electron chi connectivity index (χ1n) is 6.50. The third kappa shape index (κ3) is 3.74. The van der Waals surface area contributed by atoms with Crippen molar-refractivity contribution >= 4 is 0 Å². The number of likely N-dealkylation sites (N-methyl/N-ethyl adjacent to an activating group) is 1. The average Bonchev–Trinajstić information content (AvgIpc) is 2.66. The maximum atomic E-state index is 3.68. The molecule has 0 amide bonds. The summed E-state index contributed by atoms with van der Waals surface area (Å²) in [6.07, 6.45) is 6.81. The van der Waals surface area contributed by atoms with E-state index in [0.717, 1.165) is 12.1 Å². The number of hydrogen-bond acceptors (Lipinski definition) is 3. The molecule has 0 saturated carbocycles. The molecule has 2 aliphatic rings. The van der Waals surface area contributed by atoms with Gasteiger partial charge in [-0.25, -0.2) is 0 Å². The van der Waals surface area contributed by atoms with Crippen molar-refractivity contribution < 1.29 is 0 Å². The van der Waals surface area contributed by atoms with Gasteiger partial charge >= 0.3 is 0 Å². The van der Waals surface area contributed by atoms with Gasteiger partial charge in [-0.05, 0) is 52.4 Å². The van der Waals surface area contributed by atoms with Gasteiger partial charge in [0.15, 0.2) is 0 Å².